The molecule has 0 aromatic heterocycles. The van der Waals surface area contributed by atoms with Crippen molar-refractivity contribution < 1.29 is 17.9 Å². The van der Waals surface area contributed by atoms with Crippen LogP contribution in [0.25, 0.3) is 0 Å². The molecular weight excluding hydrogens is 386 g/mol. The normalized spacial score (nSPS) is 16.2. The highest BCUT2D eigenvalue weighted by atomic mass is 35.5. The summed E-state index contributed by atoms with van der Waals surface area (Å²) >= 11 is 5.82. The molecule has 7 heteroatoms. The monoisotopic (exact) mass is 407 g/mol. The predicted molar refractivity (Wildman–Crippen MR) is 104 cm³/mol. The fourth-order valence-corrected chi connectivity index (χ4v) is 4.72. The highest BCUT2D eigenvalue weighted by Crippen LogP contribution is 2.25. The van der Waals surface area contributed by atoms with Gasteiger partial charge in [-0.1, -0.05) is 41.9 Å². The SMILES string of the molecule is O=C(OCCc1ccccc1)C1CCN(S(=O)(=O)c2ccc(Cl)cc2)CC1. The Morgan fingerprint density at radius 2 is 1.67 bits per heavy atom. The Morgan fingerprint density at radius 1 is 1.04 bits per heavy atom. The molecule has 1 aliphatic heterocycles. The summed E-state index contributed by atoms with van der Waals surface area (Å²) in [6, 6.07) is 16.0. The molecular formula is C20H22ClNO4S. The van der Waals surface area contributed by atoms with Crippen LogP contribution in [0.1, 0.15) is 18.4 Å². The molecule has 0 radical (unpaired) electrons. The average molecular weight is 408 g/mol. The van der Waals surface area contributed by atoms with Crippen LogP contribution in [-0.4, -0.2) is 38.4 Å². The van der Waals surface area contributed by atoms with E-state index in [1.807, 2.05) is 30.3 Å². The lowest BCUT2D eigenvalue weighted by Gasteiger charge is -2.30. The molecule has 1 fully saturated rings. The van der Waals surface area contributed by atoms with Crippen molar-refractivity contribution in [2.75, 3.05) is 19.7 Å². The third-order valence-electron chi connectivity index (χ3n) is 4.72. The summed E-state index contributed by atoms with van der Waals surface area (Å²) in [4.78, 5) is 12.5. The molecule has 3 rings (SSSR count). The number of hydrogen-bond donors (Lipinski definition) is 0. The smallest absolute Gasteiger partial charge is 0.309 e. The molecule has 0 unspecified atom stereocenters. The number of carbonyl (C=O) groups is 1. The molecule has 0 atom stereocenters. The van der Waals surface area contributed by atoms with Crippen LogP contribution in [0.5, 0.6) is 0 Å². The molecule has 144 valence electrons. The van der Waals surface area contributed by atoms with Gasteiger partial charge in [-0.2, -0.15) is 4.31 Å². The lowest BCUT2D eigenvalue weighted by atomic mass is 9.98. The van der Waals surface area contributed by atoms with Crippen LogP contribution in [0, 0.1) is 5.92 Å². The molecule has 0 N–H and O–H groups in total. The van der Waals surface area contributed by atoms with E-state index in [9.17, 15) is 13.2 Å². The van der Waals surface area contributed by atoms with Crippen molar-refractivity contribution >= 4 is 27.6 Å². The lowest BCUT2D eigenvalue weighted by Crippen LogP contribution is -2.40. The van der Waals surface area contributed by atoms with Gasteiger partial charge in [0, 0.05) is 24.5 Å². The Balaban J connectivity index is 1.49. The molecule has 1 saturated heterocycles. The second kappa shape index (κ2) is 8.87. The summed E-state index contributed by atoms with van der Waals surface area (Å²) in [6.45, 7) is 0.957. The van der Waals surface area contributed by atoms with E-state index in [0.29, 0.717) is 44.0 Å². The number of ether oxygens (including phenoxy) is 1. The van der Waals surface area contributed by atoms with Crippen molar-refractivity contribution in [3.05, 3.63) is 65.2 Å². The van der Waals surface area contributed by atoms with Crippen LogP contribution < -0.4 is 0 Å². The van der Waals surface area contributed by atoms with Crippen LogP contribution >= 0.6 is 11.6 Å². The zero-order valence-corrected chi connectivity index (χ0v) is 16.5. The van der Waals surface area contributed by atoms with Crippen molar-refractivity contribution in [3.63, 3.8) is 0 Å². The van der Waals surface area contributed by atoms with Crippen molar-refractivity contribution in [1.82, 2.24) is 4.31 Å². The summed E-state index contributed by atoms with van der Waals surface area (Å²) in [5, 5.41) is 0.492. The number of rotatable bonds is 6. The number of sulfonamides is 1. The minimum absolute atomic E-state index is 0.218. The fourth-order valence-electron chi connectivity index (χ4n) is 3.12. The third-order valence-corrected chi connectivity index (χ3v) is 6.88. The van der Waals surface area contributed by atoms with Gasteiger partial charge >= 0.3 is 5.97 Å². The number of nitrogens with zero attached hydrogens (tertiary/aromatic N) is 1. The van der Waals surface area contributed by atoms with E-state index in [-0.39, 0.29) is 16.8 Å². The van der Waals surface area contributed by atoms with E-state index in [1.54, 1.807) is 12.1 Å². The molecule has 5 nitrogen and oxygen atoms in total. The summed E-state index contributed by atoms with van der Waals surface area (Å²) < 4.78 is 32.1. The molecule has 1 heterocycles. The number of carbonyl (C=O) groups excluding carboxylic acids is 1. The Morgan fingerprint density at radius 3 is 2.30 bits per heavy atom. The molecule has 0 spiro atoms. The molecule has 1 aliphatic rings. The van der Waals surface area contributed by atoms with E-state index in [1.165, 1.54) is 16.4 Å². The van der Waals surface area contributed by atoms with Crippen LogP contribution in [0.15, 0.2) is 59.5 Å². The van der Waals surface area contributed by atoms with Crippen LogP contribution in [0.2, 0.25) is 5.02 Å². The number of hydrogen-bond acceptors (Lipinski definition) is 4. The van der Waals surface area contributed by atoms with Gasteiger partial charge in [0.1, 0.15) is 0 Å². The van der Waals surface area contributed by atoms with E-state index in [2.05, 4.69) is 0 Å². The molecule has 2 aromatic rings. The van der Waals surface area contributed by atoms with E-state index >= 15 is 0 Å². The van der Waals surface area contributed by atoms with Crippen LogP contribution in [-0.2, 0) is 26.0 Å². The number of piperidine rings is 1. The maximum atomic E-state index is 12.7. The zero-order valence-electron chi connectivity index (χ0n) is 14.9. The number of benzene rings is 2. The molecule has 27 heavy (non-hydrogen) atoms. The van der Waals surface area contributed by atoms with Crippen molar-refractivity contribution in [3.8, 4) is 0 Å². The van der Waals surface area contributed by atoms with Crippen molar-refractivity contribution in [2.24, 2.45) is 5.92 Å². The van der Waals surface area contributed by atoms with Gasteiger partial charge < -0.3 is 4.74 Å². The van der Waals surface area contributed by atoms with Crippen molar-refractivity contribution in [1.29, 1.82) is 0 Å². The molecule has 0 amide bonds. The van der Waals surface area contributed by atoms with E-state index < -0.39 is 10.0 Å². The second-order valence-electron chi connectivity index (χ2n) is 6.54. The van der Waals surface area contributed by atoms with Gasteiger partial charge in [-0.3, -0.25) is 4.79 Å². The average Bonchev–Trinajstić information content (AvgIpc) is 2.69. The Bertz CT molecular complexity index is 861. The molecule has 0 bridgehead atoms. The van der Waals surface area contributed by atoms with Crippen LogP contribution in [0.4, 0.5) is 0 Å². The Kier molecular flexibility index (Phi) is 6.52. The lowest BCUT2D eigenvalue weighted by molar-refractivity contribution is -0.149. The molecule has 0 aliphatic carbocycles. The maximum absolute atomic E-state index is 12.7. The molecule has 2 aromatic carbocycles. The standard InChI is InChI=1S/C20H22ClNO4S/c21-18-6-8-19(9-7-18)27(24,25)22-13-10-17(11-14-22)20(23)26-15-12-16-4-2-1-3-5-16/h1-9,17H,10-15H2. The van der Waals surface area contributed by atoms with Crippen molar-refractivity contribution in [2.45, 2.75) is 24.2 Å². The van der Waals surface area contributed by atoms with E-state index in [4.69, 9.17) is 16.3 Å². The molecule has 0 saturated carbocycles. The fraction of sp³-hybridized carbons (Fsp3) is 0.350. The highest BCUT2D eigenvalue weighted by molar-refractivity contribution is 7.89. The summed E-state index contributed by atoms with van der Waals surface area (Å²) in [5.74, 6) is -0.494. The van der Waals surface area contributed by atoms with Gasteiger partial charge in [-0.05, 0) is 42.7 Å². The first-order valence-electron chi connectivity index (χ1n) is 8.93. The van der Waals surface area contributed by atoms with Gasteiger partial charge in [0.25, 0.3) is 0 Å². The Hall–Kier alpha value is -1.89. The summed E-state index contributed by atoms with van der Waals surface area (Å²) in [7, 11) is -3.56. The predicted octanol–water partition coefficient (Wildman–Crippen LogP) is 3.53. The van der Waals surface area contributed by atoms with Gasteiger partial charge in [0.2, 0.25) is 10.0 Å². The summed E-state index contributed by atoms with van der Waals surface area (Å²) in [6.07, 6.45) is 1.62. The first kappa shape index (κ1) is 19.9. The Labute approximate surface area is 165 Å². The number of halogens is 1. The topological polar surface area (TPSA) is 63.7 Å². The maximum Gasteiger partial charge on any atom is 0.309 e. The van der Waals surface area contributed by atoms with Crippen LogP contribution in [0.3, 0.4) is 0 Å². The quantitative estimate of drug-likeness (QED) is 0.687. The van der Waals surface area contributed by atoms with Gasteiger partial charge in [-0.15, -0.1) is 0 Å². The van der Waals surface area contributed by atoms with Gasteiger partial charge in [-0.25, -0.2) is 8.42 Å². The highest BCUT2D eigenvalue weighted by Gasteiger charge is 2.32. The minimum atomic E-state index is -3.56. The minimum Gasteiger partial charge on any atom is -0.465 e. The zero-order chi connectivity index (χ0) is 19.3. The van der Waals surface area contributed by atoms with Gasteiger partial charge in [0.05, 0.1) is 17.4 Å². The third kappa shape index (κ3) is 5.09. The second-order valence-corrected chi connectivity index (χ2v) is 8.91. The number of esters is 1. The first-order valence-corrected chi connectivity index (χ1v) is 10.7. The first-order chi connectivity index (χ1) is 13.0. The van der Waals surface area contributed by atoms with Gasteiger partial charge in [0.15, 0.2) is 0 Å². The van der Waals surface area contributed by atoms with E-state index in [0.717, 1.165) is 5.56 Å². The largest absolute Gasteiger partial charge is 0.465 e. The summed E-state index contributed by atoms with van der Waals surface area (Å²) in [5.41, 5.74) is 1.12.